The summed E-state index contributed by atoms with van der Waals surface area (Å²) in [6.45, 7) is 3.38. The third-order valence-corrected chi connectivity index (χ3v) is 4.05. The van der Waals surface area contributed by atoms with Crippen LogP contribution in [0.2, 0.25) is 0 Å². The number of piperazine rings is 1. The van der Waals surface area contributed by atoms with E-state index >= 15 is 0 Å². The summed E-state index contributed by atoms with van der Waals surface area (Å²) in [5.41, 5.74) is 6.36. The van der Waals surface area contributed by atoms with Crippen LogP contribution in [0, 0.1) is 0 Å². The van der Waals surface area contributed by atoms with E-state index in [1.807, 2.05) is 4.90 Å². The van der Waals surface area contributed by atoms with Gasteiger partial charge in [0.15, 0.2) is 5.84 Å². The summed E-state index contributed by atoms with van der Waals surface area (Å²) < 4.78 is 0. The van der Waals surface area contributed by atoms with Gasteiger partial charge in [0.2, 0.25) is 0 Å². The van der Waals surface area contributed by atoms with E-state index in [4.69, 9.17) is 10.9 Å². The van der Waals surface area contributed by atoms with E-state index in [0.717, 1.165) is 32.2 Å². The first-order chi connectivity index (χ1) is 10.2. The molecule has 7 nitrogen and oxygen atoms in total. The van der Waals surface area contributed by atoms with Crippen molar-refractivity contribution in [3.05, 3.63) is 29.6 Å². The molecule has 0 spiro atoms. The molecule has 7 heteroatoms. The fourth-order valence-electron chi connectivity index (χ4n) is 2.62. The normalized spacial score (nSPS) is 20.6. The number of rotatable bonds is 3. The molecular formula is C14H19N5O2. The van der Waals surface area contributed by atoms with Gasteiger partial charge in [0.25, 0.3) is 5.91 Å². The number of aromatic nitrogens is 1. The number of amides is 1. The molecule has 0 radical (unpaired) electrons. The van der Waals surface area contributed by atoms with Crippen LogP contribution in [0.1, 0.15) is 28.9 Å². The highest BCUT2D eigenvalue weighted by Gasteiger charge is 2.32. The number of pyridine rings is 1. The first-order valence-corrected chi connectivity index (χ1v) is 7.16. The molecule has 1 saturated heterocycles. The lowest BCUT2D eigenvalue weighted by molar-refractivity contribution is 0.0621. The predicted octanol–water partition coefficient (Wildman–Crippen LogP) is 0.0963. The lowest BCUT2D eigenvalue weighted by Crippen LogP contribution is -2.49. The second-order valence-electron chi connectivity index (χ2n) is 5.48. The summed E-state index contributed by atoms with van der Waals surface area (Å²) in [5, 5.41) is 11.5. The van der Waals surface area contributed by atoms with Crippen LogP contribution in [-0.4, -0.2) is 64.0 Å². The number of carbonyl (C=O) groups is 1. The van der Waals surface area contributed by atoms with Crippen molar-refractivity contribution in [1.82, 2.24) is 14.8 Å². The lowest BCUT2D eigenvalue weighted by atomic mass is 10.2. The third kappa shape index (κ3) is 2.97. The SMILES string of the molecule is NC(=NO)c1ccc(C(=O)N2CCN(C3CC3)CC2)nc1. The zero-order chi connectivity index (χ0) is 14.8. The molecule has 21 heavy (non-hydrogen) atoms. The molecule has 0 unspecified atom stereocenters. The highest BCUT2D eigenvalue weighted by Crippen LogP contribution is 2.27. The Morgan fingerprint density at radius 3 is 2.52 bits per heavy atom. The van der Waals surface area contributed by atoms with Gasteiger partial charge in [-0.15, -0.1) is 0 Å². The average Bonchev–Trinajstić information content (AvgIpc) is 3.39. The standard InChI is InChI=1S/C14H19N5O2/c15-13(17-21)10-1-4-12(16-9-10)14(20)19-7-5-18(6-8-19)11-2-3-11/h1,4,9,11,21H,2-3,5-8H2,(H2,15,17). The monoisotopic (exact) mass is 289 g/mol. The van der Waals surface area contributed by atoms with E-state index in [-0.39, 0.29) is 11.7 Å². The van der Waals surface area contributed by atoms with Crippen LogP contribution >= 0.6 is 0 Å². The molecule has 2 aliphatic rings. The van der Waals surface area contributed by atoms with Gasteiger partial charge in [-0.3, -0.25) is 14.7 Å². The van der Waals surface area contributed by atoms with Gasteiger partial charge in [-0.2, -0.15) is 0 Å². The number of hydrogen-bond donors (Lipinski definition) is 2. The van der Waals surface area contributed by atoms with Gasteiger partial charge in [0, 0.05) is 44.0 Å². The van der Waals surface area contributed by atoms with Crippen LogP contribution in [0.4, 0.5) is 0 Å². The Morgan fingerprint density at radius 1 is 1.29 bits per heavy atom. The second kappa shape index (κ2) is 5.69. The van der Waals surface area contributed by atoms with Crippen molar-refractivity contribution in [2.75, 3.05) is 26.2 Å². The van der Waals surface area contributed by atoms with E-state index < -0.39 is 0 Å². The van der Waals surface area contributed by atoms with E-state index in [2.05, 4.69) is 15.0 Å². The van der Waals surface area contributed by atoms with Gasteiger partial charge >= 0.3 is 0 Å². The van der Waals surface area contributed by atoms with Crippen LogP contribution in [0.3, 0.4) is 0 Å². The van der Waals surface area contributed by atoms with Crippen molar-refractivity contribution in [2.24, 2.45) is 10.9 Å². The Morgan fingerprint density at radius 2 is 2.00 bits per heavy atom. The Labute approximate surface area is 123 Å². The minimum Gasteiger partial charge on any atom is -0.409 e. The first-order valence-electron chi connectivity index (χ1n) is 7.16. The summed E-state index contributed by atoms with van der Waals surface area (Å²) in [7, 11) is 0. The zero-order valence-electron chi connectivity index (χ0n) is 11.8. The summed E-state index contributed by atoms with van der Waals surface area (Å²) in [6, 6.07) is 4.00. The van der Waals surface area contributed by atoms with E-state index in [9.17, 15) is 4.79 Å². The molecule has 1 saturated carbocycles. The lowest BCUT2D eigenvalue weighted by Gasteiger charge is -2.34. The van der Waals surface area contributed by atoms with Gasteiger partial charge in [-0.05, 0) is 25.0 Å². The Hall–Kier alpha value is -2.15. The van der Waals surface area contributed by atoms with Crippen molar-refractivity contribution < 1.29 is 10.0 Å². The molecule has 1 aliphatic carbocycles. The van der Waals surface area contributed by atoms with Gasteiger partial charge < -0.3 is 15.8 Å². The second-order valence-corrected chi connectivity index (χ2v) is 5.48. The Bertz CT molecular complexity index is 545. The van der Waals surface area contributed by atoms with Crippen LogP contribution in [0.25, 0.3) is 0 Å². The third-order valence-electron chi connectivity index (χ3n) is 4.05. The summed E-state index contributed by atoms with van der Waals surface area (Å²) in [6.07, 6.45) is 4.04. The Balaban J connectivity index is 1.62. The van der Waals surface area contributed by atoms with E-state index in [1.54, 1.807) is 12.1 Å². The molecule has 1 aromatic heterocycles. The molecule has 3 N–H and O–H groups in total. The fraction of sp³-hybridized carbons (Fsp3) is 0.500. The highest BCUT2D eigenvalue weighted by atomic mass is 16.4. The molecule has 1 aromatic rings. The smallest absolute Gasteiger partial charge is 0.272 e. The molecule has 2 heterocycles. The number of carbonyl (C=O) groups excluding carboxylic acids is 1. The summed E-state index contributed by atoms with van der Waals surface area (Å²) in [5.74, 6) is -0.0731. The van der Waals surface area contributed by atoms with Crippen LogP contribution < -0.4 is 5.73 Å². The molecule has 0 aromatic carbocycles. The average molecular weight is 289 g/mol. The highest BCUT2D eigenvalue weighted by molar-refractivity contribution is 5.98. The molecular weight excluding hydrogens is 270 g/mol. The number of hydrogen-bond acceptors (Lipinski definition) is 5. The first kappa shape index (κ1) is 13.8. The molecule has 3 rings (SSSR count). The van der Waals surface area contributed by atoms with Crippen LogP contribution in [0.15, 0.2) is 23.5 Å². The van der Waals surface area contributed by atoms with Crippen molar-refractivity contribution >= 4 is 11.7 Å². The molecule has 0 bridgehead atoms. The van der Waals surface area contributed by atoms with Gasteiger partial charge in [0.05, 0.1) is 0 Å². The maximum atomic E-state index is 12.4. The van der Waals surface area contributed by atoms with Gasteiger partial charge in [0.1, 0.15) is 5.69 Å². The van der Waals surface area contributed by atoms with E-state index in [1.165, 1.54) is 19.0 Å². The van der Waals surface area contributed by atoms with Gasteiger partial charge in [-0.25, -0.2) is 0 Å². The molecule has 1 aliphatic heterocycles. The largest absolute Gasteiger partial charge is 0.409 e. The van der Waals surface area contributed by atoms with Crippen molar-refractivity contribution in [3.63, 3.8) is 0 Å². The fourth-order valence-corrected chi connectivity index (χ4v) is 2.62. The zero-order valence-corrected chi connectivity index (χ0v) is 11.8. The van der Waals surface area contributed by atoms with Crippen molar-refractivity contribution in [2.45, 2.75) is 18.9 Å². The minimum absolute atomic E-state index is 0.0143. The maximum absolute atomic E-state index is 12.4. The molecule has 1 amide bonds. The number of amidine groups is 1. The molecule has 0 atom stereocenters. The quantitative estimate of drug-likeness (QED) is 0.356. The van der Waals surface area contributed by atoms with Gasteiger partial charge in [-0.1, -0.05) is 5.16 Å². The molecule has 112 valence electrons. The molecule has 2 fully saturated rings. The van der Waals surface area contributed by atoms with Crippen LogP contribution in [0.5, 0.6) is 0 Å². The van der Waals surface area contributed by atoms with E-state index in [0.29, 0.717) is 11.3 Å². The predicted molar refractivity (Wildman–Crippen MR) is 77.2 cm³/mol. The van der Waals surface area contributed by atoms with Crippen molar-refractivity contribution in [3.8, 4) is 0 Å². The Kier molecular flexibility index (Phi) is 3.74. The topological polar surface area (TPSA) is 95.0 Å². The number of oxime groups is 1. The number of nitrogens with zero attached hydrogens (tertiary/aromatic N) is 4. The number of nitrogens with two attached hydrogens (primary N) is 1. The summed E-state index contributed by atoms with van der Waals surface area (Å²) >= 11 is 0. The summed E-state index contributed by atoms with van der Waals surface area (Å²) in [4.78, 5) is 20.8. The maximum Gasteiger partial charge on any atom is 0.272 e. The van der Waals surface area contributed by atoms with Crippen molar-refractivity contribution in [1.29, 1.82) is 0 Å². The van der Waals surface area contributed by atoms with Crippen LogP contribution in [-0.2, 0) is 0 Å². The minimum atomic E-state index is -0.0588.